The number of H-pyrrole nitrogens is 1. The van der Waals surface area contributed by atoms with Crippen LogP contribution in [0.5, 0.6) is 5.75 Å². The Labute approximate surface area is 154 Å². The van der Waals surface area contributed by atoms with Gasteiger partial charge in [0.25, 0.3) is 0 Å². The molecule has 0 amide bonds. The van der Waals surface area contributed by atoms with Crippen LogP contribution in [0.1, 0.15) is 46.0 Å². The van der Waals surface area contributed by atoms with Gasteiger partial charge in [-0.1, -0.05) is 0 Å². The lowest BCUT2D eigenvalue weighted by Crippen LogP contribution is -2.25. The average molecular weight is 378 g/mol. The summed E-state index contributed by atoms with van der Waals surface area (Å²) in [6.45, 7) is 6.45. The Morgan fingerprint density at radius 3 is 2.59 bits per heavy atom. The molecule has 0 bridgehead atoms. The molecule has 0 aliphatic rings. The number of rotatable bonds is 7. The smallest absolute Gasteiger partial charge is 0.340 e. The van der Waals surface area contributed by atoms with Crippen LogP contribution in [0.2, 0.25) is 0 Å². The van der Waals surface area contributed by atoms with Gasteiger partial charge in [0.1, 0.15) is 5.82 Å². The van der Waals surface area contributed by atoms with Crippen molar-refractivity contribution in [2.24, 2.45) is 0 Å². The lowest BCUT2D eigenvalue weighted by Gasteiger charge is -2.13. The third-order valence-electron chi connectivity index (χ3n) is 3.95. The third-order valence-corrected chi connectivity index (χ3v) is 3.95. The molecule has 2 aromatic rings. The first-order valence-electron chi connectivity index (χ1n) is 8.18. The summed E-state index contributed by atoms with van der Waals surface area (Å²) in [5.74, 6) is -2.18. The Hall–Kier alpha value is -3.23. The van der Waals surface area contributed by atoms with Gasteiger partial charge in [-0.2, -0.15) is 0 Å². The Bertz CT molecular complexity index is 905. The molecule has 0 aliphatic carbocycles. The summed E-state index contributed by atoms with van der Waals surface area (Å²) >= 11 is 0. The Morgan fingerprint density at radius 2 is 2.00 bits per heavy atom. The van der Waals surface area contributed by atoms with Crippen LogP contribution < -0.4 is 4.74 Å². The van der Waals surface area contributed by atoms with E-state index >= 15 is 0 Å². The van der Waals surface area contributed by atoms with Gasteiger partial charge in [0.15, 0.2) is 6.10 Å². The van der Waals surface area contributed by atoms with Crippen molar-refractivity contribution in [3.8, 4) is 5.75 Å². The molecule has 144 valence electrons. The van der Waals surface area contributed by atoms with Crippen LogP contribution >= 0.6 is 0 Å². The summed E-state index contributed by atoms with van der Waals surface area (Å²) in [4.78, 5) is 37.9. The molecule has 0 saturated heterocycles. The van der Waals surface area contributed by atoms with Gasteiger partial charge in [-0.05, 0) is 39.3 Å². The molecular weight excluding hydrogens is 359 g/mol. The molecule has 0 saturated carbocycles. The Morgan fingerprint density at radius 1 is 1.33 bits per heavy atom. The van der Waals surface area contributed by atoms with Crippen molar-refractivity contribution < 1.29 is 28.4 Å². The predicted molar refractivity (Wildman–Crippen MR) is 93.7 cm³/mol. The number of carbonyl (C=O) groups is 2. The minimum absolute atomic E-state index is 0.127. The number of esters is 1. The second-order valence-corrected chi connectivity index (χ2v) is 5.84. The fraction of sp³-hybridized carbons (Fsp3) is 0.333. The second-order valence-electron chi connectivity index (χ2n) is 5.84. The number of hydrogen-bond donors (Lipinski definition) is 1. The summed E-state index contributed by atoms with van der Waals surface area (Å²) in [5, 5.41) is 11.1. The quantitative estimate of drug-likeness (QED) is 0.342. The molecule has 2 rings (SSSR count). The zero-order valence-electron chi connectivity index (χ0n) is 15.3. The monoisotopic (exact) mass is 378 g/mol. The largest absolute Gasteiger partial charge is 0.475 e. The van der Waals surface area contributed by atoms with Gasteiger partial charge in [-0.15, -0.1) is 0 Å². The number of ketones is 1. The number of nitrogens with one attached hydrogen (secondary N) is 1. The van der Waals surface area contributed by atoms with E-state index in [2.05, 4.69) is 4.98 Å². The standard InChI is InChI=1S/C18H19FN2O6/c1-5-26-18(23)15-9(2)16(20-10(15)3)17(22)11(4)27-14-8-12(19)6-7-13(14)21(24)25/h6-8,11,20H,5H2,1-4H3/t11-/m1/s1. The molecule has 0 spiro atoms. The minimum Gasteiger partial charge on any atom is -0.475 e. The zero-order chi connectivity index (χ0) is 20.3. The fourth-order valence-corrected chi connectivity index (χ4v) is 2.69. The van der Waals surface area contributed by atoms with Gasteiger partial charge in [-0.3, -0.25) is 14.9 Å². The van der Waals surface area contributed by atoms with Gasteiger partial charge in [0.2, 0.25) is 11.5 Å². The fourth-order valence-electron chi connectivity index (χ4n) is 2.69. The molecular formula is C18H19FN2O6. The molecule has 1 heterocycles. The summed E-state index contributed by atoms with van der Waals surface area (Å²) < 4.78 is 23.7. The first-order valence-corrected chi connectivity index (χ1v) is 8.18. The van der Waals surface area contributed by atoms with Crippen LogP contribution in [0.15, 0.2) is 18.2 Å². The number of aromatic amines is 1. The summed E-state index contributed by atoms with van der Waals surface area (Å²) in [6.07, 6.45) is -1.16. The van der Waals surface area contributed by atoms with Gasteiger partial charge < -0.3 is 14.5 Å². The zero-order valence-corrected chi connectivity index (χ0v) is 15.3. The molecule has 1 aromatic heterocycles. The van der Waals surface area contributed by atoms with Crippen LogP contribution in [-0.4, -0.2) is 34.4 Å². The molecule has 9 heteroatoms. The highest BCUT2D eigenvalue weighted by molar-refractivity contribution is 6.03. The molecule has 1 aromatic carbocycles. The number of nitrogens with zero attached hydrogens (tertiary/aromatic N) is 1. The van der Waals surface area contributed by atoms with Crippen LogP contribution in [0.4, 0.5) is 10.1 Å². The number of benzene rings is 1. The third kappa shape index (κ3) is 4.13. The SMILES string of the molecule is CCOC(=O)c1c(C)[nH]c(C(=O)[C@@H](C)Oc2cc(F)ccc2[N+](=O)[O-])c1C. The molecule has 8 nitrogen and oxygen atoms in total. The van der Waals surface area contributed by atoms with E-state index in [1.165, 1.54) is 6.92 Å². The van der Waals surface area contributed by atoms with E-state index in [9.17, 15) is 24.1 Å². The number of carbonyl (C=O) groups excluding carboxylic acids is 2. The van der Waals surface area contributed by atoms with Crippen LogP contribution in [-0.2, 0) is 4.74 Å². The van der Waals surface area contributed by atoms with E-state index in [1.807, 2.05) is 0 Å². The number of hydrogen-bond acceptors (Lipinski definition) is 6. The number of ether oxygens (including phenoxy) is 2. The highest BCUT2D eigenvalue weighted by Crippen LogP contribution is 2.29. The number of aromatic nitrogens is 1. The highest BCUT2D eigenvalue weighted by atomic mass is 19.1. The number of halogens is 1. The Balaban J connectivity index is 2.32. The highest BCUT2D eigenvalue weighted by Gasteiger charge is 2.28. The maximum atomic E-state index is 13.4. The lowest BCUT2D eigenvalue weighted by atomic mass is 10.1. The summed E-state index contributed by atoms with van der Waals surface area (Å²) in [6, 6.07) is 2.74. The van der Waals surface area contributed by atoms with Crippen molar-refractivity contribution in [3.05, 3.63) is 56.6 Å². The normalized spacial score (nSPS) is 11.7. The van der Waals surface area contributed by atoms with E-state index in [0.29, 0.717) is 11.3 Å². The summed E-state index contributed by atoms with van der Waals surface area (Å²) in [5.41, 5.74) is 0.771. The van der Waals surface area contributed by atoms with E-state index < -0.39 is 34.3 Å². The first-order chi connectivity index (χ1) is 12.7. The molecule has 27 heavy (non-hydrogen) atoms. The second kappa shape index (κ2) is 7.98. The van der Waals surface area contributed by atoms with Crippen molar-refractivity contribution in [2.75, 3.05) is 6.61 Å². The topological polar surface area (TPSA) is 112 Å². The van der Waals surface area contributed by atoms with Crippen molar-refractivity contribution in [1.29, 1.82) is 0 Å². The maximum absolute atomic E-state index is 13.4. The van der Waals surface area contributed by atoms with E-state index in [1.54, 1.807) is 20.8 Å². The molecule has 0 fully saturated rings. The Kier molecular flexibility index (Phi) is 5.94. The van der Waals surface area contributed by atoms with Crippen molar-refractivity contribution in [2.45, 2.75) is 33.8 Å². The number of aryl methyl sites for hydroxylation is 1. The predicted octanol–water partition coefficient (Wildman–Crippen LogP) is 3.51. The van der Waals surface area contributed by atoms with Crippen molar-refractivity contribution in [1.82, 2.24) is 4.98 Å². The van der Waals surface area contributed by atoms with Crippen molar-refractivity contribution in [3.63, 3.8) is 0 Å². The maximum Gasteiger partial charge on any atom is 0.340 e. The summed E-state index contributed by atoms with van der Waals surface area (Å²) in [7, 11) is 0. The van der Waals surface area contributed by atoms with Crippen LogP contribution in [0, 0.1) is 29.8 Å². The number of nitro benzene ring substituents is 1. The molecule has 0 radical (unpaired) electrons. The lowest BCUT2D eigenvalue weighted by molar-refractivity contribution is -0.386. The van der Waals surface area contributed by atoms with Crippen LogP contribution in [0.3, 0.4) is 0 Å². The molecule has 1 atom stereocenters. The van der Waals surface area contributed by atoms with E-state index in [0.717, 1.165) is 18.2 Å². The average Bonchev–Trinajstić information content (AvgIpc) is 2.88. The molecule has 1 N–H and O–H groups in total. The number of nitro groups is 1. The van der Waals surface area contributed by atoms with Crippen LogP contribution in [0.25, 0.3) is 0 Å². The van der Waals surface area contributed by atoms with Gasteiger partial charge >= 0.3 is 11.7 Å². The molecule has 0 unspecified atom stereocenters. The van der Waals surface area contributed by atoms with Gasteiger partial charge in [0.05, 0.1) is 22.8 Å². The van der Waals surface area contributed by atoms with Gasteiger partial charge in [-0.25, -0.2) is 9.18 Å². The molecule has 0 aliphatic heterocycles. The first kappa shape index (κ1) is 20.1. The van der Waals surface area contributed by atoms with E-state index in [4.69, 9.17) is 9.47 Å². The minimum atomic E-state index is -1.16. The van der Waals surface area contributed by atoms with Gasteiger partial charge in [0, 0.05) is 17.8 Å². The van der Waals surface area contributed by atoms with E-state index in [-0.39, 0.29) is 23.6 Å². The number of Topliss-reactive ketones (excluding diaryl/α,β-unsaturated/α-hetero) is 1. The van der Waals surface area contributed by atoms with Crippen molar-refractivity contribution >= 4 is 17.4 Å².